The molecule has 0 amide bonds. The van der Waals surface area contributed by atoms with Crippen LogP contribution in [0.15, 0.2) is 54.6 Å². The minimum absolute atomic E-state index is 0. The Morgan fingerprint density at radius 2 is 1.70 bits per heavy atom. The first-order valence-corrected chi connectivity index (χ1v) is 7.46. The molecule has 2 aromatic carbocycles. The fourth-order valence-corrected chi connectivity index (χ4v) is 2.21. The van der Waals surface area contributed by atoms with Crippen molar-refractivity contribution in [3.63, 3.8) is 0 Å². The van der Waals surface area contributed by atoms with Gasteiger partial charge >= 0.3 is 0 Å². The van der Waals surface area contributed by atoms with Crippen molar-refractivity contribution in [3.8, 4) is 11.5 Å². The zero-order chi connectivity index (χ0) is 15.6. The summed E-state index contributed by atoms with van der Waals surface area (Å²) in [6.45, 7) is 1.79. The second-order valence-electron chi connectivity index (χ2n) is 4.96. The van der Waals surface area contributed by atoms with Crippen molar-refractivity contribution in [3.05, 3.63) is 65.7 Å². The fourth-order valence-electron chi connectivity index (χ4n) is 2.21. The van der Waals surface area contributed by atoms with E-state index in [-0.39, 0.29) is 12.4 Å². The van der Waals surface area contributed by atoms with Crippen molar-refractivity contribution >= 4 is 18.5 Å². The number of hydrogen-bond donors (Lipinski definition) is 1. The second kappa shape index (κ2) is 10.7. The minimum atomic E-state index is 0. The highest BCUT2D eigenvalue weighted by atomic mass is 35.5. The molecule has 0 saturated heterocycles. The number of hydrogen-bond acceptors (Lipinski definition) is 3. The van der Waals surface area contributed by atoms with Gasteiger partial charge in [0.05, 0.1) is 14.2 Å². The quantitative estimate of drug-likeness (QED) is 0.741. The molecule has 0 atom stereocenters. The van der Waals surface area contributed by atoms with Gasteiger partial charge in [0.15, 0.2) is 11.5 Å². The van der Waals surface area contributed by atoms with Gasteiger partial charge in [0, 0.05) is 6.54 Å². The molecule has 23 heavy (non-hydrogen) atoms. The molecule has 0 heterocycles. The van der Waals surface area contributed by atoms with Crippen molar-refractivity contribution in [2.75, 3.05) is 27.3 Å². The average molecular weight is 334 g/mol. The first-order valence-electron chi connectivity index (χ1n) is 7.46. The van der Waals surface area contributed by atoms with E-state index in [1.165, 1.54) is 11.1 Å². The van der Waals surface area contributed by atoms with Crippen molar-refractivity contribution in [1.29, 1.82) is 0 Å². The van der Waals surface area contributed by atoms with Gasteiger partial charge in [-0.1, -0.05) is 48.6 Å². The molecule has 0 aromatic heterocycles. The van der Waals surface area contributed by atoms with Crippen LogP contribution in [0, 0.1) is 0 Å². The smallest absolute Gasteiger partial charge is 0.160 e. The molecular weight excluding hydrogens is 310 g/mol. The van der Waals surface area contributed by atoms with Crippen LogP contribution in [0.5, 0.6) is 11.5 Å². The van der Waals surface area contributed by atoms with E-state index in [4.69, 9.17) is 9.47 Å². The summed E-state index contributed by atoms with van der Waals surface area (Å²) in [5.74, 6) is 1.55. The summed E-state index contributed by atoms with van der Waals surface area (Å²) >= 11 is 0. The molecule has 0 aliphatic rings. The van der Waals surface area contributed by atoms with E-state index in [2.05, 4.69) is 35.7 Å². The van der Waals surface area contributed by atoms with E-state index in [9.17, 15) is 0 Å². The van der Waals surface area contributed by atoms with Crippen molar-refractivity contribution < 1.29 is 9.47 Å². The lowest BCUT2D eigenvalue weighted by atomic mass is 10.1. The van der Waals surface area contributed by atoms with Crippen LogP contribution in [-0.4, -0.2) is 27.3 Å². The molecule has 0 radical (unpaired) electrons. The Bertz CT molecular complexity index is 600. The van der Waals surface area contributed by atoms with Crippen LogP contribution in [0.1, 0.15) is 11.1 Å². The molecule has 0 spiro atoms. The number of ether oxygens (including phenoxy) is 2. The van der Waals surface area contributed by atoms with Gasteiger partial charge in [-0.25, -0.2) is 0 Å². The van der Waals surface area contributed by atoms with Crippen LogP contribution in [0.2, 0.25) is 0 Å². The standard InChI is InChI=1S/C19H23NO2.ClH/c1-21-18-11-10-17(15-19(18)22-2)12-14-20-13-6-9-16-7-4-3-5-8-16;/h3-11,15,20H,12-14H2,1-2H3;1H/b9-6+;. The van der Waals surface area contributed by atoms with Crippen LogP contribution in [0.4, 0.5) is 0 Å². The lowest BCUT2D eigenvalue weighted by Gasteiger charge is -2.09. The summed E-state index contributed by atoms with van der Waals surface area (Å²) in [5.41, 5.74) is 2.46. The van der Waals surface area contributed by atoms with Gasteiger partial charge in [-0.05, 0) is 36.2 Å². The van der Waals surface area contributed by atoms with E-state index < -0.39 is 0 Å². The lowest BCUT2D eigenvalue weighted by molar-refractivity contribution is 0.354. The van der Waals surface area contributed by atoms with E-state index in [0.717, 1.165) is 31.0 Å². The summed E-state index contributed by atoms with van der Waals surface area (Å²) in [7, 11) is 3.31. The maximum atomic E-state index is 5.31. The van der Waals surface area contributed by atoms with Crippen molar-refractivity contribution in [2.45, 2.75) is 6.42 Å². The van der Waals surface area contributed by atoms with Gasteiger partial charge in [-0.2, -0.15) is 0 Å². The van der Waals surface area contributed by atoms with Gasteiger partial charge in [0.2, 0.25) is 0 Å². The molecular formula is C19H24ClNO2. The lowest BCUT2D eigenvalue weighted by Crippen LogP contribution is -2.16. The predicted molar refractivity (Wildman–Crippen MR) is 98.8 cm³/mol. The molecule has 2 aromatic rings. The highest BCUT2D eigenvalue weighted by Gasteiger charge is 2.03. The first kappa shape index (κ1) is 19.1. The highest BCUT2D eigenvalue weighted by molar-refractivity contribution is 5.85. The number of nitrogens with one attached hydrogen (secondary N) is 1. The molecule has 0 aliphatic heterocycles. The van der Waals surface area contributed by atoms with Crippen LogP contribution in [0.3, 0.4) is 0 Å². The first-order chi connectivity index (χ1) is 10.8. The Labute approximate surface area is 144 Å². The van der Waals surface area contributed by atoms with Gasteiger partial charge < -0.3 is 14.8 Å². The molecule has 4 heteroatoms. The van der Waals surface area contributed by atoms with Crippen LogP contribution in [-0.2, 0) is 6.42 Å². The molecule has 124 valence electrons. The molecule has 0 saturated carbocycles. The SMILES string of the molecule is COc1ccc(CCNC/C=C/c2ccccc2)cc1OC.Cl. The van der Waals surface area contributed by atoms with E-state index in [1.54, 1.807) is 14.2 Å². The summed E-state index contributed by atoms with van der Waals surface area (Å²) < 4.78 is 10.6. The number of methoxy groups -OCH3 is 2. The Morgan fingerprint density at radius 1 is 0.957 bits per heavy atom. The Morgan fingerprint density at radius 3 is 2.39 bits per heavy atom. The van der Waals surface area contributed by atoms with E-state index >= 15 is 0 Å². The van der Waals surface area contributed by atoms with Gasteiger partial charge in [-0.3, -0.25) is 0 Å². The predicted octanol–water partition coefficient (Wildman–Crippen LogP) is 3.97. The third kappa shape index (κ3) is 6.35. The summed E-state index contributed by atoms with van der Waals surface area (Å²) in [4.78, 5) is 0. The Balaban J connectivity index is 0.00000264. The number of halogens is 1. The van der Waals surface area contributed by atoms with Crippen LogP contribution >= 0.6 is 12.4 Å². The molecule has 0 aliphatic carbocycles. The molecule has 2 rings (SSSR count). The maximum absolute atomic E-state index is 5.31. The van der Waals surface area contributed by atoms with Gasteiger partial charge in [0.25, 0.3) is 0 Å². The Kier molecular flexibility index (Phi) is 8.88. The summed E-state index contributed by atoms with van der Waals surface area (Å²) in [5, 5.41) is 3.41. The zero-order valence-corrected chi connectivity index (χ0v) is 14.4. The third-order valence-corrected chi connectivity index (χ3v) is 3.41. The van der Waals surface area contributed by atoms with E-state index in [0.29, 0.717) is 0 Å². The molecule has 0 fully saturated rings. The van der Waals surface area contributed by atoms with Crippen molar-refractivity contribution in [2.24, 2.45) is 0 Å². The summed E-state index contributed by atoms with van der Waals surface area (Å²) in [6, 6.07) is 16.4. The largest absolute Gasteiger partial charge is 0.493 e. The molecule has 0 bridgehead atoms. The number of benzene rings is 2. The fraction of sp³-hybridized carbons (Fsp3) is 0.263. The summed E-state index contributed by atoms with van der Waals surface area (Å²) in [6.07, 6.45) is 5.23. The second-order valence-corrected chi connectivity index (χ2v) is 4.96. The van der Waals surface area contributed by atoms with Crippen molar-refractivity contribution in [1.82, 2.24) is 5.32 Å². The highest BCUT2D eigenvalue weighted by Crippen LogP contribution is 2.27. The molecule has 1 N–H and O–H groups in total. The third-order valence-electron chi connectivity index (χ3n) is 3.41. The van der Waals surface area contributed by atoms with Crippen LogP contribution in [0.25, 0.3) is 6.08 Å². The topological polar surface area (TPSA) is 30.5 Å². The number of rotatable bonds is 8. The molecule has 0 unspecified atom stereocenters. The zero-order valence-electron chi connectivity index (χ0n) is 13.6. The average Bonchev–Trinajstić information content (AvgIpc) is 2.58. The van der Waals surface area contributed by atoms with Gasteiger partial charge in [0.1, 0.15) is 0 Å². The normalized spacial score (nSPS) is 10.3. The van der Waals surface area contributed by atoms with E-state index in [1.807, 2.05) is 30.3 Å². The van der Waals surface area contributed by atoms with Gasteiger partial charge in [-0.15, -0.1) is 12.4 Å². The van der Waals surface area contributed by atoms with Crippen LogP contribution < -0.4 is 14.8 Å². The maximum Gasteiger partial charge on any atom is 0.160 e. The molecule has 3 nitrogen and oxygen atoms in total. The minimum Gasteiger partial charge on any atom is -0.493 e. The monoisotopic (exact) mass is 333 g/mol. The Hall–Kier alpha value is -1.97.